The Morgan fingerprint density at radius 3 is 2.40 bits per heavy atom. The molecule has 0 unspecified atom stereocenters. The number of aromatic carboxylic acids is 1. The van der Waals surface area contributed by atoms with Crippen molar-refractivity contribution in [1.29, 1.82) is 0 Å². The predicted molar refractivity (Wildman–Crippen MR) is 91.3 cm³/mol. The highest BCUT2D eigenvalue weighted by molar-refractivity contribution is 6.15. The molecule has 0 saturated carbocycles. The average Bonchev–Trinajstić information content (AvgIpc) is 2.54. The third kappa shape index (κ3) is 3.81. The Morgan fingerprint density at radius 2 is 1.88 bits per heavy atom. The fourth-order valence-electron chi connectivity index (χ4n) is 2.29. The van der Waals surface area contributed by atoms with E-state index in [1.165, 1.54) is 32.0 Å². The van der Waals surface area contributed by atoms with Gasteiger partial charge in [0.1, 0.15) is 5.56 Å². The number of hydrogen-bond donors (Lipinski definition) is 3. The van der Waals surface area contributed by atoms with Gasteiger partial charge in [0.25, 0.3) is 5.56 Å². The number of carboxylic acids is 1. The third-order valence-corrected chi connectivity index (χ3v) is 3.48. The van der Waals surface area contributed by atoms with E-state index >= 15 is 0 Å². The van der Waals surface area contributed by atoms with Gasteiger partial charge in [0, 0.05) is 18.2 Å². The van der Waals surface area contributed by atoms with Crippen molar-refractivity contribution in [2.75, 3.05) is 4.90 Å². The molecule has 4 N–H and O–H groups in total. The molecule has 2 aromatic rings. The number of anilines is 1. The molecule has 0 aliphatic rings. The standard InChI is InChI=1S/C17H17N3O5/c1-9(18)16(23)20(10(2)21)12-5-3-4-11(8-12)14-7-6-13(17(24)25)15(22)19-14/h3-9H,18H2,1-2H3,(H,19,22)(H,24,25)/t9-/m1/s1. The zero-order valence-electron chi connectivity index (χ0n) is 13.6. The van der Waals surface area contributed by atoms with Crippen LogP contribution in [0.5, 0.6) is 0 Å². The van der Waals surface area contributed by atoms with E-state index in [1.54, 1.807) is 18.2 Å². The zero-order chi connectivity index (χ0) is 18.7. The first-order valence-corrected chi connectivity index (χ1v) is 7.39. The van der Waals surface area contributed by atoms with E-state index in [0.29, 0.717) is 16.9 Å². The summed E-state index contributed by atoms with van der Waals surface area (Å²) in [5.74, 6) is -2.37. The number of carbonyl (C=O) groups excluding carboxylic acids is 2. The Kier molecular flexibility index (Phi) is 5.14. The number of carboxylic acid groups (broad SMARTS) is 1. The largest absolute Gasteiger partial charge is 0.477 e. The number of nitrogens with two attached hydrogens (primary N) is 1. The smallest absolute Gasteiger partial charge is 0.341 e. The second-order valence-electron chi connectivity index (χ2n) is 5.45. The molecule has 1 aromatic carbocycles. The Labute approximate surface area is 142 Å². The maximum Gasteiger partial charge on any atom is 0.341 e. The molecule has 0 spiro atoms. The quantitative estimate of drug-likeness (QED) is 0.757. The number of aromatic nitrogens is 1. The van der Waals surface area contributed by atoms with Crippen LogP contribution in [0, 0.1) is 0 Å². The second kappa shape index (κ2) is 7.10. The number of aromatic amines is 1. The zero-order valence-corrected chi connectivity index (χ0v) is 13.6. The topological polar surface area (TPSA) is 134 Å². The van der Waals surface area contributed by atoms with Crippen LogP contribution in [0.1, 0.15) is 24.2 Å². The molecule has 0 radical (unpaired) electrons. The van der Waals surface area contributed by atoms with E-state index < -0.39 is 29.4 Å². The van der Waals surface area contributed by atoms with E-state index in [0.717, 1.165) is 4.90 Å². The summed E-state index contributed by atoms with van der Waals surface area (Å²) >= 11 is 0. The average molecular weight is 343 g/mol. The normalized spacial score (nSPS) is 11.6. The molecule has 0 saturated heterocycles. The molecule has 2 amide bonds. The van der Waals surface area contributed by atoms with Crippen LogP contribution in [0.3, 0.4) is 0 Å². The van der Waals surface area contributed by atoms with Gasteiger partial charge in [-0.05, 0) is 31.2 Å². The van der Waals surface area contributed by atoms with Crippen molar-refractivity contribution in [3.8, 4) is 11.3 Å². The Bertz CT molecular complexity index is 901. The molecular formula is C17H17N3O5. The molecule has 130 valence electrons. The number of carbonyl (C=O) groups is 3. The van der Waals surface area contributed by atoms with Gasteiger partial charge in [-0.3, -0.25) is 14.4 Å². The highest BCUT2D eigenvalue weighted by Gasteiger charge is 2.23. The molecule has 0 fully saturated rings. The second-order valence-corrected chi connectivity index (χ2v) is 5.45. The first-order valence-electron chi connectivity index (χ1n) is 7.39. The lowest BCUT2D eigenvalue weighted by Gasteiger charge is -2.21. The van der Waals surface area contributed by atoms with Gasteiger partial charge in [0.05, 0.1) is 11.7 Å². The number of pyridine rings is 1. The number of benzene rings is 1. The summed E-state index contributed by atoms with van der Waals surface area (Å²) in [4.78, 5) is 50.2. The molecule has 0 aliphatic carbocycles. The number of nitrogens with zero attached hydrogens (tertiary/aromatic N) is 1. The van der Waals surface area contributed by atoms with Gasteiger partial charge in [-0.25, -0.2) is 9.69 Å². The number of imide groups is 1. The predicted octanol–water partition coefficient (Wildman–Crippen LogP) is 0.967. The lowest BCUT2D eigenvalue weighted by Crippen LogP contribution is -2.44. The van der Waals surface area contributed by atoms with Gasteiger partial charge in [-0.1, -0.05) is 12.1 Å². The molecule has 1 aromatic heterocycles. The minimum Gasteiger partial charge on any atom is -0.477 e. The maximum absolute atomic E-state index is 12.2. The van der Waals surface area contributed by atoms with Crippen molar-refractivity contribution < 1.29 is 19.5 Å². The van der Waals surface area contributed by atoms with Crippen molar-refractivity contribution in [3.05, 3.63) is 52.3 Å². The Balaban J connectivity index is 2.50. The van der Waals surface area contributed by atoms with E-state index in [2.05, 4.69) is 4.98 Å². The molecule has 2 rings (SSSR count). The summed E-state index contributed by atoms with van der Waals surface area (Å²) in [6.45, 7) is 2.72. The Morgan fingerprint density at radius 1 is 1.20 bits per heavy atom. The summed E-state index contributed by atoms with van der Waals surface area (Å²) in [5.41, 5.74) is 5.62. The number of nitrogens with one attached hydrogen (secondary N) is 1. The van der Waals surface area contributed by atoms with Crippen molar-refractivity contribution in [1.82, 2.24) is 4.98 Å². The van der Waals surface area contributed by atoms with Crippen LogP contribution in [0.15, 0.2) is 41.2 Å². The Hall–Kier alpha value is -3.26. The SMILES string of the molecule is CC(=O)N(C(=O)[C@@H](C)N)c1cccc(-c2ccc(C(=O)O)c(=O)[nH]2)c1. The first kappa shape index (κ1) is 18.1. The molecule has 0 aliphatic heterocycles. The lowest BCUT2D eigenvalue weighted by molar-refractivity contribution is -0.126. The number of hydrogen-bond acceptors (Lipinski definition) is 5. The fraction of sp³-hybridized carbons (Fsp3) is 0.176. The molecule has 8 nitrogen and oxygen atoms in total. The summed E-state index contributed by atoms with van der Waals surface area (Å²) in [6, 6.07) is 8.14. The summed E-state index contributed by atoms with van der Waals surface area (Å²) < 4.78 is 0. The van der Waals surface area contributed by atoms with Gasteiger partial charge in [0.15, 0.2) is 0 Å². The highest BCUT2D eigenvalue weighted by Crippen LogP contribution is 2.23. The third-order valence-electron chi connectivity index (χ3n) is 3.48. The van der Waals surface area contributed by atoms with Gasteiger partial charge in [0.2, 0.25) is 11.8 Å². The monoisotopic (exact) mass is 343 g/mol. The van der Waals surface area contributed by atoms with Crippen molar-refractivity contribution in [2.24, 2.45) is 5.73 Å². The minimum absolute atomic E-state index is 0.301. The molecule has 1 atom stereocenters. The van der Waals surface area contributed by atoms with E-state index in [4.69, 9.17) is 10.8 Å². The number of amides is 2. The van der Waals surface area contributed by atoms with Crippen LogP contribution in [-0.4, -0.2) is 33.9 Å². The van der Waals surface area contributed by atoms with Crippen LogP contribution in [0.4, 0.5) is 5.69 Å². The van der Waals surface area contributed by atoms with Crippen LogP contribution in [0.25, 0.3) is 11.3 Å². The molecule has 0 bridgehead atoms. The number of rotatable bonds is 4. The molecule has 25 heavy (non-hydrogen) atoms. The fourth-order valence-corrected chi connectivity index (χ4v) is 2.29. The summed E-state index contributed by atoms with van der Waals surface area (Å²) in [6.07, 6.45) is 0. The van der Waals surface area contributed by atoms with Crippen molar-refractivity contribution in [2.45, 2.75) is 19.9 Å². The molecular weight excluding hydrogens is 326 g/mol. The minimum atomic E-state index is -1.33. The van der Waals surface area contributed by atoms with E-state index in [1.807, 2.05) is 0 Å². The van der Waals surface area contributed by atoms with Gasteiger partial charge < -0.3 is 15.8 Å². The van der Waals surface area contributed by atoms with Gasteiger partial charge >= 0.3 is 5.97 Å². The van der Waals surface area contributed by atoms with Gasteiger partial charge in [-0.15, -0.1) is 0 Å². The lowest BCUT2D eigenvalue weighted by atomic mass is 10.1. The van der Waals surface area contributed by atoms with E-state index in [-0.39, 0.29) is 5.56 Å². The van der Waals surface area contributed by atoms with Gasteiger partial charge in [-0.2, -0.15) is 0 Å². The molecule has 1 heterocycles. The molecule has 8 heteroatoms. The van der Waals surface area contributed by atoms with E-state index in [9.17, 15) is 19.2 Å². The maximum atomic E-state index is 12.2. The highest BCUT2D eigenvalue weighted by atomic mass is 16.4. The van der Waals surface area contributed by atoms with Crippen molar-refractivity contribution in [3.63, 3.8) is 0 Å². The first-order chi connectivity index (χ1) is 11.7. The summed E-state index contributed by atoms with van der Waals surface area (Å²) in [5, 5.41) is 8.90. The van der Waals surface area contributed by atoms with Crippen molar-refractivity contribution >= 4 is 23.5 Å². The van der Waals surface area contributed by atoms with Crippen LogP contribution >= 0.6 is 0 Å². The van der Waals surface area contributed by atoms with Crippen LogP contribution in [0.2, 0.25) is 0 Å². The summed E-state index contributed by atoms with van der Waals surface area (Å²) in [7, 11) is 0. The van der Waals surface area contributed by atoms with Crippen LogP contribution < -0.4 is 16.2 Å². The number of H-pyrrole nitrogens is 1. The van der Waals surface area contributed by atoms with Crippen LogP contribution in [-0.2, 0) is 9.59 Å².